The van der Waals surface area contributed by atoms with E-state index in [-0.39, 0.29) is 18.1 Å². The van der Waals surface area contributed by atoms with Gasteiger partial charge < -0.3 is 27.0 Å². The first kappa shape index (κ1) is 19.1. The number of rotatable bonds is 6. The van der Waals surface area contributed by atoms with Gasteiger partial charge in [0.15, 0.2) is 0 Å². The summed E-state index contributed by atoms with van der Waals surface area (Å²) in [5.41, 5.74) is 10.5. The zero-order chi connectivity index (χ0) is 16.3. The number of amides is 2. The van der Waals surface area contributed by atoms with E-state index in [4.69, 9.17) is 21.7 Å². The van der Waals surface area contributed by atoms with Crippen molar-refractivity contribution in [2.75, 3.05) is 32.0 Å². The SMILES string of the molecule is NC(=O)NS(=O)(=O)c1ccc(N)cc1.OCCNCCO. The van der Waals surface area contributed by atoms with E-state index in [1.807, 2.05) is 0 Å². The molecule has 1 rings (SSSR count). The Labute approximate surface area is 123 Å². The molecule has 1 aromatic rings. The summed E-state index contributed by atoms with van der Waals surface area (Å²) in [6, 6.07) is 4.26. The Morgan fingerprint density at radius 1 is 1.10 bits per heavy atom. The number of benzene rings is 1. The Hall–Kier alpha value is -1.88. The van der Waals surface area contributed by atoms with Gasteiger partial charge in [0.2, 0.25) is 0 Å². The molecular formula is C11H20N4O5S. The fourth-order valence-corrected chi connectivity index (χ4v) is 2.00. The van der Waals surface area contributed by atoms with E-state index in [0.29, 0.717) is 18.8 Å². The van der Waals surface area contributed by atoms with E-state index < -0.39 is 16.1 Å². The minimum Gasteiger partial charge on any atom is -0.399 e. The summed E-state index contributed by atoms with van der Waals surface area (Å²) in [4.78, 5) is 10.3. The molecular weight excluding hydrogens is 300 g/mol. The van der Waals surface area contributed by atoms with E-state index in [1.54, 1.807) is 4.72 Å². The summed E-state index contributed by atoms with van der Waals surface area (Å²) in [6.45, 7) is 1.42. The zero-order valence-electron chi connectivity index (χ0n) is 11.3. The molecule has 0 spiro atoms. The second kappa shape index (κ2) is 9.94. The predicted octanol–water partition coefficient (Wildman–Crippen LogP) is -1.81. The summed E-state index contributed by atoms with van der Waals surface area (Å²) < 4.78 is 24.2. The van der Waals surface area contributed by atoms with Crippen molar-refractivity contribution in [3.05, 3.63) is 24.3 Å². The lowest BCUT2D eigenvalue weighted by atomic mass is 10.3. The summed E-state index contributed by atoms with van der Waals surface area (Å²) in [7, 11) is -3.86. The van der Waals surface area contributed by atoms with Crippen LogP contribution in [0.15, 0.2) is 29.2 Å². The maximum Gasteiger partial charge on any atom is 0.326 e. The molecule has 0 aliphatic heterocycles. The molecule has 0 atom stereocenters. The lowest BCUT2D eigenvalue weighted by Gasteiger charge is -2.03. The van der Waals surface area contributed by atoms with Gasteiger partial charge in [0.05, 0.1) is 18.1 Å². The third-order valence-electron chi connectivity index (χ3n) is 2.00. The molecule has 120 valence electrons. The highest BCUT2D eigenvalue weighted by Gasteiger charge is 2.14. The first-order chi connectivity index (χ1) is 9.83. The molecule has 9 nitrogen and oxygen atoms in total. The van der Waals surface area contributed by atoms with Gasteiger partial charge in [-0.05, 0) is 24.3 Å². The minimum absolute atomic E-state index is 0.0644. The van der Waals surface area contributed by atoms with Gasteiger partial charge in [-0.25, -0.2) is 17.9 Å². The van der Waals surface area contributed by atoms with Crippen molar-refractivity contribution in [3.8, 4) is 0 Å². The van der Waals surface area contributed by atoms with Gasteiger partial charge in [0.1, 0.15) is 0 Å². The summed E-state index contributed by atoms with van der Waals surface area (Å²) in [5, 5.41) is 19.1. The van der Waals surface area contributed by atoms with Gasteiger partial charge in [-0.1, -0.05) is 0 Å². The Morgan fingerprint density at radius 3 is 1.95 bits per heavy atom. The number of nitrogens with two attached hydrogens (primary N) is 2. The quantitative estimate of drug-likeness (QED) is 0.265. The van der Waals surface area contributed by atoms with Crippen molar-refractivity contribution in [1.29, 1.82) is 0 Å². The highest BCUT2D eigenvalue weighted by Crippen LogP contribution is 2.10. The molecule has 8 N–H and O–H groups in total. The van der Waals surface area contributed by atoms with Crippen LogP contribution in [-0.4, -0.2) is 51.0 Å². The Morgan fingerprint density at radius 2 is 1.57 bits per heavy atom. The van der Waals surface area contributed by atoms with Gasteiger partial charge in [-0.3, -0.25) is 0 Å². The molecule has 0 unspecified atom stereocenters. The van der Waals surface area contributed by atoms with Crippen LogP contribution in [0.5, 0.6) is 0 Å². The van der Waals surface area contributed by atoms with Crippen LogP contribution in [-0.2, 0) is 10.0 Å². The fraction of sp³-hybridized carbons (Fsp3) is 0.364. The molecule has 0 radical (unpaired) electrons. The lowest BCUT2D eigenvalue weighted by molar-refractivity contribution is 0.253. The molecule has 0 aromatic heterocycles. The Bertz CT molecular complexity index is 514. The van der Waals surface area contributed by atoms with Gasteiger partial charge in [0, 0.05) is 18.8 Å². The molecule has 0 saturated carbocycles. The number of hydrogen-bond donors (Lipinski definition) is 6. The van der Waals surface area contributed by atoms with E-state index in [0.717, 1.165) is 0 Å². The summed E-state index contributed by atoms with van der Waals surface area (Å²) in [6.07, 6.45) is 0. The maximum atomic E-state index is 11.3. The number of hydrogen-bond acceptors (Lipinski definition) is 7. The van der Waals surface area contributed by atoms with Crippen molar-refractivity contribution >= 4 is 21.7 Å². The van der Waals surface area contributed by atoms with Crippen LogP contribution in [0, 0.1) is 0 Å². The van der Waals surface area contributed by atoms with Crippen molar-refractivity contribution in [3.63, 3.8) is 0 Å². The third-order valence-corrected chi connectivity index (χ3v) is 3.37. The maximum absolute atomic E-state index is 11.3. The molecule has 21 heavy (non-hydrogen) atoms. The third kappa shape index (κ3) is 8.81. The van der Waals surface area contributed by atoms with Crippen LogP contribution < -0.4 is 21.5 Å². The Balaban J connectivity index is 0.000000486. The average Bonchev–Trinajstić information content (AvgIpc) is 2.39. The van der Waals surface area contributed by atoms with Crippen LogP contribution in [0.2, 0.25) is 0 Å². The van der Waals surface area contributed by atoms with Crippen LogP contribution in [0.4, 0.5) is 10.5 Å². The average molecular weight is 320 g/mol. The first-order valence-corrected chi connectivity index (χ1v) is 7.42. The highest BCUT2D eigenvalue weighted by molar-refractivity contribution is 7.90. The minimum atomic E-state index is -3.86. The molecule has 10 heteroatoms. The van der Waals surface area contributed by atoms with E-state index in [2.05, 4.69) is 5.32 Å². The van der Waals surface area contributed by atoms with Crippen molar-refractivity contribution in [1.82, 2.24) is 10.0 Å². The predicted molar refractivity (Wildman–Crippen MR) is 77.8 cm³/mol. The molecule has 0 fully saturated rings. The number of carbonyl (C=O) groups excluding carboxylic acids is 1. The summed E-state index contributed by atoms with van der Waals surface area (Å²) in [5.74, 6) is 0. The fourth-order valence-electron chi connectivity index (χ4n) is 1.12. The van der Waals surface area contributed by atoms with Crippen molar-refractivity contribution in [2.45, 2.75) is 4.90 Å². The number of sulfonamides is 1. The van der Waals surface area contributed by atoms with Crippen molar-refractivity contribution < 1.29 is 23.4 Å². The topological polar surface area (TPSA) is 168 Å². The molecule has 0 heterocycles. The van der Waals surface area contributed by atoms with E-state index in [9.17, 15) is 13.2 Å². The first-order valence-electron chi connectivity index (χ1n) is 5.93. The normalized spacial score (nSPS) is 10.4. The van der Waals surface area contributed by atoms with Crippen LogP contribution >= 0.6 is 0 Å². The zero-order valence-corrected chi connectivity index (χ0v) is 12.1. The number of primary amides is 1. The van der Waals surface area contributed by atoms with Crippen LogP contribution in [0.3, 0.4) is 0 Å². The van der Waals surface area contributed by atoms with E-state index >= 15 is 0 Å². The smallest absolute Gasteiger partial charge is 0.326 e. The molecule has 0 bridgehead atoms. The molecule has 0 saturated heterocycles. The number of anilines is 1. The van der Waals surface area contributed by atoms with Crippen molar-refractivity contribution in [2.24, 2.45) is 5.73 Å². The van der Waals surface area contributed by atoms with Gasteiger partial charge in [-0.15, -0.1) is 0 Å². The molecule has 1 aromatic carbocycles. The second-order valence-corrected chi connectivity index (χ2v) is 5.42. The van der Waals surface area contributed by atoms with Crippen LogP contribution in [0.25, 0.3) is 0 Å². The number of nitrogens with one attached hydrogen (secondary N) is 2. The molecule has 0 aliphatic rings. The van der Waals surface area contributed by atoms with Gasteiger partial charge in [-0.2, -0.15) is 0 Å². The number of aliphatic hydroxyl groups excluding tert-OH is 2. The second-order valence-electron chi connectivity index (χ2n) is 3.74. The highest BCUT2D eigenvalue weighted by atomic mass is 32.2. The Kier molecular flexibility index (Phi) is 9.05. The number of nitrogen functional groups attached to an aromatic ring is 1. The van der Waals surface area contributed by atoms with E-state index in [1.165, 1.54) is 24.3 Å². The van der Waals surface area contributed by atoms with Gasteiger partial charge in [0.25, 0.3) is 10.0 Å². The lowest BCUT2D eigenvalue weighted by Crippen LogP contribution is -2.34. The number of carbonyl (C=O) groups is 1. The van der Waals surface area contributed by atoms with Gasteiger partial charge >= 0.3 is 6.03 Å². The largest absolute Gasteiger partial charge is 0.399 e. The standard InChI is InChI=1S/C7H9N3O3S.C4H11NO2/c8-5-1-3-6(4-2-5)14(12,13)10-7(9)11;6-3-1-5-2-4-7/h1-4H,8H2,(H3,9,10,11);5-7H,1-4H2. The monoisotopic (exact) mass is 320 g/mol. The molecule has 2 amide bonds. The summed E-state index contributed by atoms with van der Waals surface area (Å²) >= 11 is 0. The number of aliphatic hydroxyl groups is 2. The number of urea groups is 1. The van der Waals surface area contributed by atoms with Crippen LogP contribution in [0.1, 0.15) is 0 Å². The molecule has 0 aliphatic carbocycles.